The van der Waals surface area contributed by atoms with Crippen LogP contribution in [0.3, 0.4) is 0 Å². The molecule has 0 fully saturated rings. The van der Waals surface area contributed by atoms with E-state index in [1.807, 2.05) is 0 Å². The van der Waals surface area contributed by atoms with Gasteiger partial charge in [0, 0.05) is 5.56 Å². The van der Waals surface area contributed by atoms with E-state index in [2.05, 4.69) is 0 Å². The van der Waals surface area contributed by atoms with Crippen LogP contribution in [0.15, 0.2) is 42.5 Å². The van der Waals surface area contributed by atoms with E-state index >= 15 is 0 Å². The third-order valence-corrected chi connectivity index (χ3v) is 2.81. The molecule has 0 amide bonds. The molecular formula is C15H16O4. The highest BCUT2D eigenvalue weighted by Crippen LogP contribution is 2.26. The summed E-state index contributed by atoms with van der Waals surface area (Å²) in [7, 11) is 0. The minimum absolute atomic E-state index is 0.00658. The van der Waals surface area contributed by atoms with Gasteiger partial charge in [-0.15, -0.1) is 0 Å². The summed E-state index contributed by atoms with van der Waals surface area (Å²) < 4.78 is 5.68. The molecule has 2 rings (SSSR count). The first-order chi connectivity index (χ1) is 9.26. The van der Waals surface area contributed by atoms with Crippen LogP contribution in [0.2, 0.25) is 0 Å². The number of hydrogen-bond acceptors (Lipinski definition) is 4. The summed E-state index contributed by atoms with van der Waals surface area (Å²) in [4.78, 5) is 0. The Morgan fingerprint density at radius 2 is 1.37 bits per heavy atom. The summed E-state index contributed by atoms with van der Waals surface area (Å²) >= 11 is 0. The van der Waals surface area contributed by atoms with Crippen LogP contribution < -0.4 is 4.74 Å². The van der Waals surface area contributed by atoms with Gasteiger partial charge in [0.1, 0.15) is 11.5 Å². The molecule has 0 unspecified atom stereocenters. The lowest BCUT2D eigenvalue weighted by Crippen LogP contribution is -1.94. The lowest BCUT2D eigenvalue weighted by molar-refractivity contribution is 0.271. The van der Waals surface area contributed by atoms with E-state index in [1.54, 1.807) is 42.5 Å². The molecule has 2 aromatic rings. The van der Waals surface area contributed by atoms with E-state index in [0.717, 1.165) is 11.1 Å². The van der Waals surface area contributed by atoms with Gasteiger partial charge in [-0.2, -0.15) is 0 Å². The third-order valence-electron chi connectivity index (χ3n) is 2.81. The number of hydrogen-bond donors (Lipinski definition) is 3. The van der Waals surface area contributed by atoms with Gasteiger partial charge in [0.2, 0.25) is 0 Å². The normalized spacial score (nSPS) is 10.5. The summed E-state index contributed by atoms with van der Waals surface area (Å²) in [5.74, 6) is 1.18. The molecule has 4 nitrogen and oxygen atoms in total. The second-order valence-electron chi connectivity index (χ2n) is 4.16. The van der Waals surface area contributed by atoms with Crippen LogP contribution in [0, 0.1) is 0 Å². The fraction of sp³-hybridized carbons (Fsp3) is 0.200. The molecule has 0 heterocycles. The molecule has 0 aliphatic carbocycles. The minimum atomic E-state index is -0.155. The molecule has 0 bridgehead atoms. The average molecular weight is 260 g/mol. The van der Waals surface area contributed by atoms with Gasteiger partial charge in [0.25, 0.3) is 0 Å². The maximum Gasteiger partial charge on any atom is 0.132 e. The van der Waals surface area contributed by atoms with E-state index in [-0.39, 0.29) is 19.8 Å². The van der Waals surface area contributed by atoms with Crippen molar-refractivity contribution in [1.82, 2.24) is 0 Å². The number of rotatable bonds is 5. The molecule has 0 aromatic heterocycles. The van der Waals surface area contributed by atoms with E-state index in [0.29, 0.717) is 17.1 Å². The fourth-order valence-electron chi connectivity index (χ4n) is 1.74. The summed E-state index contributed by atoms with van der Waals surface area (Å²) in [6.45, 7) is -0.232. The van der Waals surface area contributed by atoms with Crippen molar-refractivity contribution in [2.75, 3.05) is 0 Å². The number of ether oxygens (including phenoxy) is 1. The quantitative estimate of drug-likeness (QED) is 0.768. The Kier molecular flexibility index (Phi) is 4.52. The van der Waals surface area contributed by atoms with E-state index in [9.17, 15) is 5.11 Å². The Balaban J connectivity index is 2.21. The Bertz CT molecular complexity index is 534. The van der Waals surface area contributed by atoms with Crippen LogP contribution in [0.1, 0.15) is 16.7 Å². The van der Waals surface area contributed by atoms with Crippen molar-refractivity contribution in [2.24, 2.45) is 0 Å². The van der Waals surface area contributed by atoms with Gasteiger partial charge < -0.3 is 20.1 Å². The lowest BCUT2D eigenvalue weighted by atomic mass is 10.1. The predicted octanol–water partition coefficient (Wildman–Crippen LogP) is 1.96. The molecule has 0 spiro atoms. The molecule has 0 aliphatic heterocycles. The zero-order valence-electron chi connectivity index (χ0n) is 10.4. The summed E-state index contributed by atoms with van der Waals surface area (Å²) in [6, 6.07) is 12.2. The highest BCUT2D eigenvalue weighted by molar-refractivity contribution is 5.40. The SMILES string of the molecule is OCc1ccc(Oc2ccc(CO)cc2CO)cc1. The molecule has 0 saturated carbocycles. The maximum atomic E-state index is 9.30. The van der Waals surface area contributed by atoms with Crippen molar-refractivity contribution in [3.8, 4) is 11.5 Å². The van der Waals surface area contributed by atoms with Crippen molar-refractivity contribution >= 4 is 0 Å². The molecular weight excluding hydrogens is 244 g/mol. The van der Waals surface area contributed by atoms with Gasteiger partial charge in [0.15, 0.2) is 0 Å². The van der Waals surface area contributed by atoms with Crippen LogP contribution in [0.25, 0.3) is 0 Å². The van der Waals surface area contributed by atoms with Crippen LogP contribution in [-0.2, 0) is 19.8 Å². The maximum absolute atomic E-state index is 9.30. The first-order valence-electron chi connectivity index (χ1n) is 5.98. The summed E-state index contributed by atoms with van der Waals surface area (Å²) in [5, 5.41) is 27.3. The number of benzene rings is 2. The van der Waals surface area contributed by atoms with Crippen molar-refractivity contribution in [3.05, 3.63) is 59.2 Å². The standard InChI is InChI=1S/C15H16O4/c16-8-11-1-4-14(5-2-11)19-15-6-3-12(9-17)7-13(15)10-18/h1-7,16-18H,8-10H2. The van der Waals surface area contributed by atoms with E-state index < -0.39 is 0 Å². The average Bonchev–Trinajstić information content (AvgIpc) is 2.48. The first kappa shape index (κ1) is 13.5. The Morgan fingerprint density at radius 1 is 0.737 bits per heavy atom. The molecule has 3 N–H and O–H groups in total. The van der Waals surface area contributed by atoms with Crippen LogP contribution in [-0.4, -0.2) is 15.3 Å². The zero-order valence-corrected chi connectivity index (χ0v) is 10.4. The predicted molar refractivity (Wildman–Crippen MR) is 70.7 cm³/mol. The van der Waals surface area contributed by atoms with Gasteiger partial charge >= 0.3 is 0 Å². The van der Waals surface area contributed by atoms with Gasteiger partial charge in [-0.1, -0.05) is 18.2 Å². The molecule has 0 saturated heterocycles. The fourth-order valence-corrected chi connectivity index (χ4v) is 1.74. The van der Waals surface area contributed by atoms with Gasteiger partial charge in [0.05, 0.1) is 19.8 Å². The first-order valence-corrected chi connectivity index (χ1v) is 5.98. The largest absolute Gasteiger partial charge is 0.457 e. The summed E-state index contributed by atoms with van der Waals surface area (Å²) in [6.07, 6.45) is 0. The van der Waals surface area contributed by atoms with E-state index in [1.165, 1.54) is 0 Å². The van der Waals surface area contributed by atoms with E-state index in [4.69, 9.17) is 14.9 Å². The minimum Gasteiger partial charge on any atom is -0.457 e. The second kappa shape index (κ2) is 6.33. The molecule has 0 aliphatic rings. The third kappa shape index (κ3) is 3.32. The summed E-state index contributed by atoms with van der Waals surface area (Å²) in [5.41, 5.74) is 2.16. The number of aliphatic hydroxyl groups is 3. The topological polar surface area (TPSA) is 69.9 Å². The lowest BCUT2D eigenvalue weighted by Gasteiger charge is -2.11. The number of aliphatic hydroxyl groups excluding tert-OH is 3. The second-order valence-corrected chi connectivity index (χ2v) is 4.16. The van der Waals surface area contributed by atoms with Gasteiger partial charge in [-0.3, -0.25) is 0 Å². The van der Waals surface area contributed by atoms with Crippen LogP contribution in [0.5, 0.6) is 11.5 Å². The zero-order chi connectivity index (χ0) is 13.7. The molecule has 0 radical (unpaired) electrons. The molecule has 0 atom stereocenters. The molecule has 19 heavy (non-hydrogen) atoms. The van der Waals surface area contributed by atoms with Crippen molar-refractivity contribution in [2.45, 2.75) is 19.8 Å². The molecule has 100 valence electrons. The Labute approximate surface area is 111 Å². The van der Waals surface area contributed by atoms with Crippen molar-refractivity contribution in [1.29, 1.82) is 0 Å². The monoisotopic (exact) mass is 260 g/mol. The van der Waals surface area contributed by atoms with Crippen LogP contribution >= 0.6 is 0 Å². The van der Waals surface area contributed by atoms with Gasteiger partial charge in [-0.25, -0.2) is 0 Å². The Hall–Kier alpha value is -1.88. The van der Waals surface area contributed by atoms with Crippen molar-refractivity contribution < 1.29 is 20.1 Å². The van der Waals surface area contributed by atoms with Gasteiger partial charge in [-0.05, 0) is 35.4 Å². The Morgan fingerprint density at radius 3 is 1.95 bits per heavy atom. The molecule has 2 aromatic carbocycles. The highest BCUT2D eigenvalue weighted by atomic mass is 16.5. The van der Waals surface area contributed by atoms with Crippen LogP contribution in [0.4, 0.5) is 0 Å². The molecule has 4 heteroatoms. The smallest absolute Gasteiger partial charge is 0.132 e. The van der Waals surface area contributed by atoms with Crippen molar-refractivity contribution in [3.63, 3.8) is 0 Å². The highest BCUT2D eigenvalue weighted by Gasteiger charge is 2.05.